The summed E-state index contributed by atoms with van der Waals surface area (Å²) in [4.78, 5) is 21.6. The molecule has 0 unspecified atom stereocenters. The van der Waals surface area contributed by atoms with E-state index in [1.54, 1.807) is 17.1 Å². The van der Waals surface area contributed by atoms with Gasteiger partial charge in [0.15, 0.2) is 10.6 Å². The molecule has 32 heavy (non-hydrogen) atoms. The van der Waals surface area contributed by atoms with Gasteiger partial charge in [0.05, 0.1) is 22.9 Å². The molecule has 0 aliphatic heterocycles. The molecule has 8 nitrogen and oxygen atoms in total. The number of aromatic nitrogens is 6. The predicted molar refractivity (Wildman–Crippen MR) is 125 cm³/mol. The second-order valence-corrected chi connectivity index (χ2v) is 7.75. The number of benzene rings is 2. The molecule has 0 atom stereocenters. The highest BCUT2D eigenvalue weighted by Crippen LogP contribution is 2.19. The SMILES string of the molecule is Cc1ccc(-c2n[nH]c(=S)n2CC(=O)Nc2ccc(-n3cnc4ccccc43)nc2)cc1. The summed E-state index contributed by atoms with van der Waals surface area (Å²) in [5.41, 5.74) is 4.49. The number of rotatable bonds is 5. The third kappa shape index (κ3) is 3.81. The van der Waals surface area contributed by atoms with E-state index in [0.29, 0.717) is 16.3 Å². The van der Waals surface area contributed by atoms with E-state index in [1.165, 1.54) is 0 Å². The van der Waals surface area contributed by atoms with Gasteiger partial charge in [-0.3, -0.25) is 19.0 Å². The van der Waals surface area contributed by atoms with Gasteiger partial charge in [0, 0.05) is 5.56 Å². The number of hydrogen-bond acceptors (Lipinski definition) is 5. The summed E-state index contributed by atoms with van der Waals surface area (Å²) in [7, 11) is 0. The first-order valence-electron chi connectivity index (χ1n) is 9.99. The average molecular weight is 442 g/mol. The number of H-pyrrole nitrogens is 1. The number of carbonyl (C=O) groups is 1. The summed E-state index contributed by atoms with van der Waals surface area (Å²) >= 11 is 5.33. The lowest BCUT2D eigenvalue weighted by Gasteiger charge is -2.09. The Morgan fingerprint density at radius 3 is 2.66 bits per heavy atom. The number of pyridine rings is 1. The van der Waals surface area contributed by atoms with Crippen LogP contribution >= 0.6 is 12.2 Å². The first kappa shape index (κ1) is 19.8. The molecule has 3 heterocycles. The number of anilines is 1. The zero-order chi connectivity index (χ0) is 22.1. The molecule has 5 rings (SSSR count). The molecule has 0 spiro atoms. The zero-order valence-electron chi connectivity index (χ0n) is 17.2. The molecule has 2 N–H and O–H groups in total. The van der Waals surface area contributed by atoms with Gasteiger partial charge >= 0.3 is 0 Å². The molecule has 0 bridgehead atoms. The van der Waals surface area contributed by atoms with Crippen molar-refractivity contribution in [2.24, 2.45) is 0 Å². The van der Waals surface area contributed by atoms with Gasteiger partial charge in [0.1, 0.15) is 18.7 Å². The van der Waals surface area contributed by atoms with E-state index in [4.69, 9.17) is 12.2 Å². The number of amides is 1. The number of nitrogens with zero attached hydrogens (tertiary/aromatic N) is 5. The topological polar surface area (TPSA) is 93.4 Å². The molecule has 3 aromatic heterocycles. The summed E-state index contributed by atoms with van der Waals surface area (Å²) in [6.45, 7) is 2.05. The minimum Gasteiger partial charge on any atom is -0.323 e. The second-order valence-electron chi connectivity index (χ2n) is 7.36. The van der Waals surface area contributed by atoms with Crippen molar-refractivity contribution in [1.82, 2.24) is 29.3 Å². The van der Waals surface area contributed by atoms with Crippen LogP contribution in [-0.4, -0.2) is 35.2 Å². The molecule has 9 heteroatoms. The second kappa shape index (κ2) is 8.20. The van der Waals surface area contributed by atoms with Crippen LogP contribution in [0.4, 0.5) is 5.69 Å². The van der Waals surface area contributed by atoms with Crippen LogP contribution in [0, 0.1) is 11.7 Å². The molecule has 158 valence electrons. The number of imidazole rings is 1. The number of nitrogens with one attached hydrogen (secondary N) is 2. The highest BCUT2D eigenvalue weighted by molar-refractivity contribution is 7.71. The van der Waals surface area contributed by atoms with Crippen LogP contribution in [0.3, 0.4) is 0 Å². The van der Waals surface area contributed by atoms with Crippen molar-refractivity contribution >= 4 is 34.8 Å². The lowest BCUT2D eigenvalue weighted by molar-refractivity contribution is -0.116. The normalized spacial score (nSPS) is 11.0. The van der Waals surface area contributed by atoms with Gasteiger partial charge in [-0.15, -0.1) is 0 Å². The Morgan fingerprint density at radius 2 is 1.88 bits per heavy atom. The van der Waals surface area contributed by atoms with Crippen LogP contribution in [0.25, 0.3) is 28.2 Å². The maximum Gasteiger partial charge on any atom is 0.244 e. The molecule has 5 aromatic rings. The zero-order valence-corrected chi connectivity index (χ0v) is 18.0. The Bertz CT molecular complexity index is 1460. The molecule has 0 saturated carbocycles. The average Bonchev–Trinajstić information content (AvgIpc) is 3.39. The van der Waals surface area contributed by atoms with Crippen molar-refractivity contribution in [2.75, 3.05) is 5.32 Å². The van der Waals surface area contributed by atoms with Gasteiger partial charge in [-0.25, -0.2) is 9.97 Å². The van der Waals surface area contributed by atoms with E-state index in [9.17, 15) is 4.79 Å². The maximum absolute atomic E-state index is 12.7. The van der Waals surface area contributed by atoms with Crippen molar-refractivity contribution in [1.29, 1.82) is 0 Å². The number of aryl methyl sites for hydroxylation is 1. The third-order valence-corrected chi connectivity index (χ3v) is 5.41. The molecule has 0 radical (unpaired) electrons. The summed E-state index contributed by atoms with van der Waals surface area (Å²) in [5, 5.41) is 9.93. The molecule has 0 fully saturated rings. The van der Waals surface area contributed by atoms with Crippen LogP contribution in [0.5, 0.6) is 0 Å². The van der Waals surface area contributed by atoms with Crippen LogP contribution in [-0.2, 0) is 11.3 Å². The van der Waals surface area contributed by atoms with Crippen molar-refractivity contribution in [3.63, 3.8) is 0 Å². The minimum absolute atomic E-state index is 0.0342. The fourth-order valence-corrected chi connectivity index (χ4v) is 3.67. The number of para-hydroxylation sites is 2. The number of fused-ring (bicyclic) bond motifs is 1. The first-order chi connectivity index (χ1) is 15.6. The lowest BCUT2D eigenvalue weighted by atomic mass is 10.1. The van der Waals surface area contributed by atoms with Gasteiger partial charge in [0.25, 0.3) is 0 Å². The Hall–Kier alpha value is -4.11. The third-order valence-electron chi connectivity index (χ3n) is 5.10. The van der Waals surface area contributed by atoms with Gasteiger partial charge in [-0.2, -0.15) is 5.10 Å². The number of aromatic amines is 1. The molecule has 0 saturated heterocycles. The number of carbonyl (C=O) groups excluding carboxylic acids is 1. The van der Waals surface area contributed by atoms with E-state index in [1.807, 2.05) is 72.2 Å². The van der Waals surface area contributed by atoms with E-state index >= 15 is 0 Å². The smallest absolute Gasteiger partial charge is 0.244 e. The molecular formula is C23H19N7OS. The van der Waals surface area contributed by atoms with Crippen molar-refractivity contribution in [3.05, 3.63) is 83.5 Å². The quantitative estimate of drug-likeness (QED) is 0.397. The largest absolute Gasteiger partial charge is 0.323 e. The van der Waals surface area contributed by atoms with Crippen LogP contribution in [0.15, 0.2) is 73.2 Å². The van der Waals surface area contributed by atoms with E-state index in [-0.39, 0.29) is 12.5 Å². The van der Waals surface area contributed by atoms with Crippen molar-refractivity contribution in [3.8, 4) is 17.2 Å². The molecular weight excluding hydrogens is 422 g/mol. The van der Waals surface area contributed by atoms with Crippen LogP contribution in [0.1, 0.15) is 5.56 Å². The Balaban J connectivity index is 1.33. The minimum atomic E-state index is -0.224. The molecule has 2 aromatic carbocycles. The predicted octanol–water partition coefficient (Wildman–Crippen LogP) is 4.29. The highest BCUT2D eigenvalue weighted by Gasteiger charge is 2.13. The highest BCUT2D eigenvalue weighted by atomic mass is 32.1. The summed E-state index contributed by atoms with van der Waals surface area (Å²) < 4.78 is 3.96. The molecule has 0 aliphatic rings. The maximum atomic E-state index is 12.7. The summed E-state index contributed by atoms with van der Waals surface area (Å²) in [6, 6.07) is 19.4. The molecule has 1 amide bonds. The van der Waals surface area contributed by atoms with Gasteiger partial charge in [-0.1, -0.05) is 42.0 Å². The lowest BCUT2D eigenvalue weighted by Crippen LogP contribution is -2.19. The fraction of sp³-hybridized carbons (Fsp3) is 0.0870. The van der Waals surface area contributed by atoms with E-state index in [0.717, 1.165) is 28.0 Å². The van der Waals surface area contributed by atoms with Crippen LogP contribution in [0.2, 0.25) is 0 Å². The standard InChI is InChI=1S/C23H19N7OS/c1-15-6-8-16(9-7-15)22-27-28-23(32)29(22)13-21(31)26-17-10-11-20(24-12-17)30-14-25-18-4-2-3-5-19(18)30/h2-12,14H,13H2,1H3,(H,26,31)(H,28,32). The van der Waals surface area contributed by atoms with Gasteiger partial charge < -0.3 is 5.32 Å². The fourth-order valence-electron chi connectivity index (χ4n) is 3.48. The van der Waals surface area contributed by atoms with Crippen molar-refractivity contribution in [2.45, 2.75) is 13.5 Å². The van der Waals surface area contributed by atoms with Gasteiger partial charge in [0.2, 0.25) is 5.91 Å². The summed E-state index contributed by atoms with van der Waals surface area (Å²) in [5.74, 6) is 1.11. The monoisotopic (exact) mass is 441 g/mol. The first-order valence-corrected chi connectivity index (χ1v) is 10.4. The number of hydrogen-bond donors (Lipinski definition) is 2. The Morgan fingerprint density at radius 1 is 1.06 bits per heavy atom. The van der Waals surface area contributed by atoms with Crippen LogP contribution < -0.4 is 5.32 Å². The molecule has 0 aliphatic carbocycles. The Kier molecular flexibility index (Phi) is 5.08. The van der Waals surface area contributed by atoms with Gasteiger partial charge in [-0.05, 0) is 43.4 Å². The van der Waals surface area contributed by atoms with E-state index < -0.39 is 0 Å². The Labute approximate surface area is 188 Å². The summed E-state index contributed by atoms with van der Waals surface area (Å²) in [6.07, 6.45) is 3.36. The van der Waals surface area contributed by atoms with E-state index in [2.05, 4.69) is 25.5 Å². The van der Waals surface area contributed by atoms with Crippen molar-refractivity contribution < 1.29 is 4.79 Å².